The second-order valence-electron chi connectivity index (χ2n) is 4.07. The van der Waals surface area contributed by atoms with Gasteiger partial charge in [0.2, 0.25) is 0 Å². The molecular formula is C15H13ClN2O2. The Labute approximate surface area is 122 Å². The van der Waals surface area contributed by atoms with Gasteiger partial charge in [0, 0.05) is 28.9 Å². The molecule has 102 valence electrons. The molecule has 2 aromatic carbocycles. The van der Waals surface area contributed by atoms with Crippen LogP contribution in [-0.4, -0.2) is 11.7 Å². The molecular weight excluding hydrogens is 276 g/mol. The zero-order valence-electron chi connectivity index (χ0n) is 10.6. The minimum atomic E-state index is 0.00869. The summed E-state index contributed by atoms with van der Waals surface area (Å²) in [6.07, 6.45) is 0. The third kappa shape index (κ3) is 3.56. The van der Waals surface area contributed by atoms with Crippen molar-refractivity contribution in [1.29, 1.82) is 5.26 Å². The molecule has 0 atom stereocenters. The molecule has 0 saturated carbocycles. The van der Waals surface area contributed by atoms with Gasteiger partial charge < -0.3 is 15.2 Å². The van der Waals surface area contributed by atoms with Gasteiger partial charge in [-0.15, -0.1) is 0 Å². The SMILES string of the molecule is N#CCOc1cccc(NCc2c(O)cccc2Cl)c1. The summed E-state index contributed by atoms with van der Waals surface area (Å²) >= 11 is 6.03. The van der Waals surface area contributed by atoms with E-state index in [1.54, 1.807) is 30.3 Å². The monoisotopic (exact) mass is 288 g/mol. The maximum atomic E-state index is 9.75. The first-order chi connectivity index (χ1) is 9.70. The van der Waals surface area contributed by atoms with Crippen molar-refractivity contribution in [2.75, 3.05) is 11.9 Å². The van der Waals surface area contributed by atoms with Gasteiger partial charge in [-0.25, -0.2) is 0 Å². The lowest BCUT2D eigenvalue weighted by Gasteiger charge is -2.11. The number of halogens is 1. The molecule has 2 rings (SSSR count). The van der Waals surface area contributed by atoms with E-state index in [0.717, 1.165) is 5.69 Å². The lowest BCUT2D eigenvalue weighted by molar-refractivity contribution is 0.368. The van der Waals surface area contributed by atoms with E-state index in [1.807, 2.05) is 18.2 Å². The third-order valence-electron chi connectivity index (χ3n) is 2.70. The zero-order valence-corrected chi connectivity index (χ0v) is 11.4. The molecule has 0 aliphatic carbocycles. The Morgan fingerprint density at radius 2 is 2.05 bits per heavy atom. The van der Waals surface area contributed by atoms with Crippen LogP contribution in [0.4, 0.5) is 5.69 Å². The molecule has 0 aromatic heterocycles. The summed E-state index contributed by atoms with van der Waals surface area (Å²) in [6.45, 7) is 0.405. The number of nitriles is 1. The summed E-state index contributed by atoms with van der Waals surface area (Å²) in [4.78, 5) is 0. The molecule has 0 aliphatic rings. The molecule has 0 bridgehead atoms. The maximum Gasteiger partial charge on any atom is 0.174 e. The molecule has 2 aromatic rings. The maximum absolute atomic E-state index is 9.75. The van der Waals surface area contributed by atoms with Crippen LogP contribution in [0.3, 0.4) is 0 Å². The minimum Gasteiger partial charge on any atom is -0.508 e. The molecule has 5 heteroatoms. The number of rotatable bonds is 5. The third-order valence-corrected chi connectivity index (χ3v) is 3.05. The van der Waals surface area contributed by atoms with Gasteiger partial charge in [-0.3, -0.25) is 0 Å². The van der Waals surface area contributed by atoms with Gasteiger partial charge >= 0.3 is 0 Å². The molecule has 0 amide bonds. The average Bonchev–Trinajstić information content (AvgIpc) is 2.45. The fourth-order valence-electron chi connectivity index (χ4n) is 1.72. The Morgan fingerprint density at radius 1 is 1.25 bits per heavy atom. The molecule has 0 aliphatic heterocycles. The van der Waals surface area contributed by atoms with Crippen LogP contribution in [0, 0.1) is 11.3 Å². The van der Waals surface area contributed by atoms with Crippen LogP contribution >= 0.6 is 11.6 Å². The van der Waals surface area contributed by atoms with E-state index in [9.17, 15) is 5.11 Å². The number of nitrogens with zero attached hydrogens (tertiary/aromatic N) is 1. The van der Waals surface area contributed by atoms with Crippen molar-refractivity contribution in [3.63, 3.8) is 0 Å². The fraction of sp³-hybridized carbons (Fsp3) is 0.133. The number of phenols is 1. The number of ether oxygens (including phenoxy) is 1. The molecule has 0 heterocycles. The fourth-order valence-corrected chi connectivity index (χ4v) is 1.96. The highest BCUT2D eigenvalue weighted by molar-refractivity contribution is 6.31. The van der Waals surface area contributed by atoms with Crippen molar-refractivity contribution < 1.29 is 9.84 Å². The lowest BCUT2D eigenvalue weighted by Crippen LogP contribution is -2.01. The van der Waals surface area contributed by atoms with Crippen LogP contribution < -0.4 is 10.1 Å². The smallest absolute Gasteiger partial charge is 0.174 e. The Kier molecular flexibility index (Phi) is 4.70. The first kappa shape index (κ1) is 14.0. The minimum absolute atomic E-state index is 0.00869. The van der Waals surface area contributed by atoms with Crippen molar-refractivity contribution in [1.82, 2.24) is 0 Å². The Morgan fingerprint density at radius 3 is 2.80 bits per heavy atom. The summed E-state index contributed by atoms with van der Waals surface area (Å²) in [6, 6.07) is 14.2. The number of anilines is 1. The van der Waals surface area contributed by atoms with Crippen molar-refractivity contribution in [3.8, 4) is 17.6 Å². The summed E-state index contributed by atoms with van der Waals surface area (Å²) in [7, 11) is 0. The molecule has 20 heavy (non-hydrogen) atoms. The molecule has 0 fully saturated rings. The van der Waals surface area contributed by atoms with Crippen LogP contribution in [0.5, 0.6) is 11.5 Å². The standard InChI is InChI=1S/C15H13ClN2O2/c16-14-5-2-6-15(19)13(14)10-18-11-3-1-4-12(9-11)20-8-7-17/h1-6,9,18-19H,8,10H2. The van der Waals surface area contributed by atoms with Crippen LogP contribution in [0.1, 0.15) is 5.56 Å². The van der Waals surface area contributed by atoms with Crippen LogP contribution in [0.25, 0.3) is 0 Å². The summed E-state index contributed by atoms with van der Waals surface area (Å²) < 4.78 is 5.22. The van der Waals surface area contributed by atoms with Gasteiger partial charge in [0.15, 0.2) is 6.61 Å². The lowest BCUT2D eigenvalue weighted by atomic mass is 10.2. The topological polar surface area (TPSA) is 65.3 Å². The van der Waals surface area contributed by atoms with Gasteiger partial charge in [0.25, 0.3) is 0 Å². The second-order valence-corrected chi connectivity index (χ2v) is 4.47. The highest BCUT2D eigenvalue weighted by atomic mass is 35.5. The Balaban J connectivity index is 2.06. The summed E-state index contributed by atoms with van der Waals surface area (Å²) in [5.41, 5.74) is 1.46. The number of hydrogen-bond acceptors (Lipinski definition) is 4. The number of hydrogen-bond donors (Lipinski definition) is 2. The predicted molar refractivity (Wildman–Crippen MR) is 78.0 cm³/mol. The highest BCUT2D eigenvalue weighted by Gasteiger charge is 2.06. The van der Waals surface area contributed by atoms with Crippen LogP contribution in [-0.2, 0) is 6.54 Å². The number of nitrogens with one attached hydrogen (secondary N) is 1. The zero-order chi connectivity index (χ0) is 14.4. The molecule has 4 nitrogen and oxygen atoms in total. The van der Waals surface area contributed by atoms with Crippen molar-refractivity contribution in [2.24, 2.45) is 0 Å². The quantitative estimate of drug-likeness (QED) is 0.883. The van der Waals surface area contributed by atoms with Crippen molar-refractivity contribution in [3.05, 3.63) is 53.1 Å². The molecule has 0 saturated heterocycles. The van der Waals surface area contributed by atoms with Gasteiger partial charge in [-0.2, -0.15) is 5.26 Å². The van der Waals surface area contributed by atoms with E-state index < -0.39 is 0 Å². The molecule has 2 N–H and O–H groups in total. The first-order valence-electron chi connectivity index (χ1n) is 6.01. The van der Waals surface area contributed by atoms with Crippen molar-refractivity contribution in [2.45, 2.75) is 6.54 Å². The van der Waals surface area contributed by atoms with E-state index in [-0.39, 0.29) is 12.4 Å². The molecule has 0 spiro atoms. The number of benzene rings is 2. The highest BCUT2D eigenvalue weighted by Crippen LogP contribution is 2.26. The van der Waals surface area contributed by atoms with E-state index in [1.165, 1.54) is 0 Å². The normalized spacial score (nSPS) is 9.80. The number of phenolic OH excluding ortho intramolecular Hbond substituents is 1. The van der Waals surface area contributed by atoms with Gasteiger partial charge in [0.05, 0.1) is 0 Å². The van der Waals surface area contributed by atoms with Crippen molar-refractivity contribution >= 4 is 17.3 Å². The summed E-state index contributed by atoms with van der Waals surface area (Å²) in [5.74, 6) is 0.766. The van der Waals surface area contributed by atoms with Gasteiger partial charge in [-0.05, 0) is 24.3 Å². The van der Waals surface area contributed by atoms with Crippen LogP contribution in [0.2, 0.25) is 5.02 Å². The Bertz CT molecular complexity index is 618. The van der Waals surface area contributed by atoms with Gasteiger partial charge in [-0.1, -0.05) is 23.7 Å². The van der Waals surface area contributed by atoms with E-state index in [2.05, 4.69) is 5.32 Å². The molecule has 0 unspecified atom stereocenters. The largest absolute Gasteiger partial charge is 0.508 e. The van der Waals surface area contributed by atoms with E-state index in [0.29, 0.717) is 22.9 Å². The van der Waals surface area contributed by atoms with E-state index >= 15 is 0 Å². The predicted octanol–water partition coefficient (Wildman–Crippen LogP) is 3.56. The molecule has 0 radical (unpaired) electrons. The first-order valence-corrected chi connectivity index (χ1v) is 6.38. The van der Waals surface area contributed by atoms with Crippen LogP contribution in [0.15, 0.2) is 42.5 Å². The summed E-state index contributed by atoms with van der Waals surface area (Å²) in [5, 5.41) is 21.9. The van der Waals surface area contributed by atoms with Gasteiger partial charge in [0.1, 0.15) is 17.6 Å². The number of aromatic hydroxyl groups is 1. The second kappa shape index (κ2) is 6.69. The van der Waals surface area contributed by atoms with E-state index in [4.69, 9.17) is 21.6 Å². The average molecular weight is 289 g/mol. The Hall–Kier alpha value is -2.38.